The minimum atomic E-state index is -0.569. The van der Waals surface area contributed by atoms with Gasteiger partial charge < -0.3 is 15.5 Å². The van der Waals surface area contributed by atoms with Gasteiger partial charge in [-0.3, -0.25) is 9.59 Å². The van der Waals surface area contributed by atoms with Crippen molar-refractivity contribution in [1.29, 1.82) is 0 Å². The summed E-state index contributed by atoms with van der Waals surface area (Å²) in [5.74, 6) is -0.400. The molecule has 0 fully saturated rings. The van der Waals surface area contributed by atoms with Crippen LogP contribution in [-0.2, 0) is 4.79 Å². The van der Waals surface area contributed by atoms with Crippen LogP contribution in [0.15, 0.2) is 54.6 Å². The molecule has 1 atom stereocenters. The lowest BCUT2D eigenvalue weighted by Crippen LogP contribution is -2.50. The number of para-hydroxylation sites is 1. The number of rotatable bonds is 8. The summed E-state index contributed by atoms with van der Waals surface area (Å²) < 4.78 is 0. The highest BCUT2D eigenvalue weighted by atomic mass is 16.2. The maximum Gasteiger partial charge on any atom is 0.251 e. The van der Waals surface area contributed by atoms with Crippen LogP contribution >= 0.6 is 0 Å². The summed E-state index contributed by atoms with van der Waals surface area (Å²) in [7, 11) is 1.99. The Morgan fingerprint density at radius 2 is 1.63 bits per heavy atom. The van der Waals surface area contributed by atoms with Crippen molar-refractivity contribution in [3.8, 4) is 0 Å². The summed E-state index contributed by atoms with van der Waals surface area (Å²) >= 11 is 0. The third-order valence-corrected chi connectivity index (χ3v) is 4.49. The quantitative estimate of drug-likeness (QED) is 0.754. The Morgan fingerprint density at radius 1 is 1.00 bits per heavy atom. The lowest BCUT2D eigenvalue weighted by molar-refractivity contribution is -0.123. The van der Waals surface area contributed by atoms with Crippen LogP contribution in [0.3, 0.4) is 0 Å². The lowest BCUT2D eigenvalue weighted by Gasteiger charge is -2.23. The fourth-order valence-electron chi connectivity index (χ4n) is 2.73. The molecule has 0 bridgehead atoms. The van der Waals surface area contributed by atoms with E-state index in [4.69, 9.17) is 0 Å². The van der Waals surface area contributed by atoms with Crippen LogP contribution in [0.4, 0.5) is 5.69 Å². The molecule has 0 radical (unpaired) electrons. The van der Waals surface area contributed by atoms with E-state index in [0.717, 1.165) is 11.3 Å². The van der Waals surface area contributed by atoms with Crippen LogP contribution in [0.2, 0.25) is 0 Å². The van der Waals surface area contributed by atoms with Gasteiger partial charge in [-0.2, -0.15) is 0 Å². The number of amides is 2. The Hall–Kier alpha value is -2.82. The number of nitrogens with zero attached hydrogens (tertiary/aromatic N) is 1. The average molecular weight is 367 g/mol. The molecule has 0 aliphatic carbocycles. The van der Waals surface area contributed by atoms with Gasteiger partial charge in [-0.05, 0) is 37.1 Å². The molecule has 0 aromatic heterocycles. The zero-order valence-electron chi connectivity index (χ0n) is 16.5. The second-order valence-electron chi connectivity index (χ2n) is 7.11. The minimum Gasteiger partial charge on any atom is -0.373 e. The lowest BCUT2D eigenvalue weighted by atomic mass is 10.0. The number of likely N-dealkylation sites (N-methyl/N-ethyl adjacent to an activating group) is 1. The van der Waals surface area contributed by atoms with E-state index in [2.05, 4.69) is 15.5 Å². The zero-order chi connectivity index (χ0) is 19.8. The average Bonchev–Trinajstić information content (AvgIpc) is 2.66. The second kappa shape index (κ2) is 9.76. The molecule has 5 nitrogen and oxygen atoms in total. The van der Waals surface area contributed by atoms with Crippen molar-refractivity contribution >= 4 is 17.5 Å². The van der Waals surface area contributed by atoms with Gasteiger partial charge in [-0.1, -0.05) is 49.7 Å². The maximum absolute atomic E-state index is 12.6. The van der Waals surface area contributed by atoms with Crippen LogP contribution < -0.4 is 15.5 Å². The van der Waals surface area contributed by atoms with Crippen LogP contribution in [0, 0.1) is 12.8 Å². The van der Waals surface area contributed by atoms with Gasteiger partial charge in [-0.15, -0.1) is 0 Å². The van der Waals surface area contributed by atoms with Gasteiger partial charge in [0, 0.05) is 31.4 Å². The van der Waals surface area contributed by atoms with Crippen molar-refractivity contribution < 1.29 is 9.59 Å². The normalized spacial score (nSPS) is 11.7. The van der Waals surface area contributed by atoms with Crippen molar-refractivity contribution in [2.45, 2.75) is 26.8 Å². The van der Waals surface area contributed by atoms with E-state index in [0.29, 0.717) is 18.7 Å². The van der Waals surface area contributed by atoms with Gasteiger partial charge in [-0.25, -0.2) is 0 Å². The highest BCUT2D eigenvalue weighted by molar-refractivity contribution is 5.97. The second-order valence-corrected chi connectivity index (χ2v) is 7.11. The van der Waals surface area contributed by atoms with E-state index >= 15 is 0 Å². The van der Waals surface area contributed by atoms with E-state index < -0.39 is 6.04 Å². The number of anilines is 1. The van der Waals surface area contributed by atoms with Gasteiger partial charge in [0.15, 0.2) is 0 Å². The highest BCUT2D eigenvalue weighted by Gasteiger charge is 2.24. The molecule has 1 unspecified atom stereocenters. The summed E-state index contributed by atoms with van der Waals surface area (Å²) in [5.41, 5.74) is 2.75. The van der Waals surface area contributed by atoms with Crippen LogP contribution in [0.1, 0.15) is 29.8 Å². The standard InChI is InChI=1S/C22H29N3O2/c1-16(2)20(24-21(26)18-12-10-17(3)11-13-18)22(27)23-14-15-25(4)19-8-6-5-7-9-19/h5-13,16,20H,14-15H2,1-4H3,(H,23,27)(H,24,26). The maximum atomic E-state index is 12.6. The summed E-state index contributed by atoms with van der Waals surface area (Å²) in [6.45, 7) is 7.02. The fraction of sp³-hybridized carbons (Fsp3) is 0.364. The molecule has 5 heteroatoms. The summed E-state index contributed by atoms with van der Waals surface area (Å²) in [6, 6.07) is 16.8. The monoisotopic (exact) mass is 367 g/mol. The van der Waals surface area contributed by atoms with E-state index in [1.807, 2.05) is 70.3 Å². The molecule has 2 amide bonds. The van der Waals surface area contributed by atoms with Crippen molar-refractivity contribution in [2.24, 2.45) is 5.92 Å². The third-order valence-electron chi connectivity index (χ3n) is 4.49. The molecular weight excluding hydrogens is 338 g/mol. The van der Waals surface area contributed by atoms with E-state index in [9.17, 15) is 9.59 Å². The molecule has 27 heavy (non-hydrogen) atoms. The molecule has 0 saturated carbocycles. The molecule has 2 aromatic rings. The molecular formula is C22H29N3O2. The Kier molecular flexibility index (Phi) is 7.41. The number of benzene rings is 2. The molecule has 2 aromatic carbocycles. The van der Waals surface area contributed by atoms with Crippen molar-refractivity contribution in [3.63, 3.8) is 0 Å². The Balaban J connectivity index is 1.88. The Labute approximate surface area is 161 Å². The summed E-state index contributed by atoms with van der Waals surface area (Å²) in [6.07, 6.45) is 0. The molecule has 0 saturated heterocycles. The summed E-state index contributed by atoms with van der Waals surface area (Å²) in [5, 5.41) is 5.79. The van der Waals surface area contributed by atoms with Crippen molar-refractivity contribution in [3.05, 3.63) is 65.7 Å². The smallest absolute Gasteiger partial charge is 0.251 e. The Bertz CT molecular complexity index is 742. The first-order valence-corrected chi connectivity index (χ1v) is 9.30. The number of carbonyl (C=O) groups is 2. The fourth-order valence-corrected chi connectivity index (χ4v) is 2.73. The molecule has 2 rings (SSSR count). The zero-order valence-corrected chi connectivity index (χ0v) is 16.5. The van der Waals surface area contributed by atoms with Crippen molar-refractivity contribution in [2.75, 3.05) is 25.0 Å². The van der Waals surface area contributed by atoms with Gasteiger partial charge in [0.1, 0.15) is 6.04 Å². The summed E-state index contributed by atoms with van der Waals surface area (Å²) in [4.78, 5) is 27.1. The van der Waals surface area contributed by atoms with Crippen LogP contribution in [0.5, 0.6) is 0 Å². The number of carbonyl (C=O) groups excluding carboxylic acids is 2. The van der Waals surface area contributed by atoms with Crippen LogP contribution in [0.25, 0.3) is 0 Å². The topological polar surface area (TPSA) is 61.4 Å². The number of aryl methyl sites for hydroxylation is 1. The molecule has 144 valence electrons. The van der Waals surface area contributed by atoms with Gasteiger partial charge in [0.05, 0.1) is 0 Å². The molecule has 0 aliphatic heterocycles. The van der Waals surface area contributed by atoms with Crippen molar-refractivity contribution in [1.82, 2.24) is 10.6 Å². The predicted octanol–water partition coefficient (Wildman–Crippen LogP) is 3.00. The van der Waals surface area contributed by atoms with E-state index in [1.54, 1.807) is 12.1 Å². The first-order chi connectivity index (χ1) is 12.9. The van der Waals surface area contributed by atoms with Gasteiger partial charge in [0.25, 0.3) is 5.91 Å². The van der Waals surface area contributed by atoms with Gasteiger partial charge in [0.2, 0.25) is 5.91 Å². The Morgan fingerprint density at radius 3 is 2.22 bits per heavy atom. The largest absolute Gasteiger partial charge is 0.373 e. The predicted molar refractivity (Wildman–Crippen MR) is 110 cm³/mol. The minimum absolute atomic E-state index is 0.00810. The van der Waals surface area contributed by atoms with E-state index in [-0.39, 0.29) is 17.7 Å². The third kappa shape index (κ3) is 6.13. The number of hydrogen-bond acceptors (Lipinski definition) is 3. The van der Waals surface area contributed by atoms with Gasteiger partial charge >= 0.3 is 0 Å². The molecule has 0 aliphatic rings. The number of hydrogen-bond donors (Lipinski definition) is 2. The molecule has 2 N–H and O–H groups in total. The molecule has 0 spiro atoms. The first-order valence-electron chi connectivity index (χ1n) is 9.30. The first kappa shape index (κ1) is 20.5. The van der Waals surface area contributed by atoms with Crippen LogP contribution in [-0.4, -0.2) is 38.0 Å². The number of nitrogens with one attached hydrogen (secondary N) is 2. The van der Waals surface area contributed by atoms with E-state index in [1.165, 1.54) is 0 Å². The molecule has 0 heterocycles. The SMILES string of the molecule is Cc1ccc(C(=O)NC(C(=O)NCCN(C)c2ccccc2)C(C)C)cc1. The highest BCUT2D eigenvalue weighted by Crippen LogP contribution is 2.10.